The van der Waals surface area contributed by atoms with Crippen LogP contribution in [0.4, 0.5) is 0 Å². The molecule has 5 heteroatoms. The van der Waals surface area contributed by atoms with Crippen molar-refractivity contribution in [3.63, 3.8) is 0 Å². The predicted octanol–water partition coefficient (Wildman–Crippen LogP) is 2.67. The predicted molar refractivity (Wildman–Crippen MR) is 80.2 cm³/mol. The fourth-order valence-corrected chi connectivity index (χ4v) is 3.88. The standard InChI is InChI=1S/C15H19N3OS/c1-19-15-8-11(17-9-18-15)7-12(16)14-6-10-4-2-3-5-13(10)20-14/h6,8-9,12H,2-5,7,16H2,1H3. The molecule has 2 aromatic heterocycles. The lowest BCUT2D eigenvalue weighted by atomic mass is 9.98. The van der Waals surface area contributed by atoms with Gasteiger partial charge in [-0.15, -0.1) is 11.3 Å². The van der Waals surface area contributed by atoms with Crippen LogP contribution in [0.2, 0.25) is 0 Å². The monoisotopic (exact) mass is 289 g/mol. The number of hydrogen-bond acceptors (Lipinski definition) is 5. The number of nitrogens with two attached hydrogens (primary N) is 1. The Morgan fingerprint density at radius 1 is 1.30 bits per heavy atom. The van der Waals surface area contributed by atoms with Crippen molar-refractivity contribution in [2.75, 3.05) is 7.11 Å². The fraction of sp³-hybridized carbons (Fsp3) is 0.467. The molecule has 3 rings (SSSR count). The van der Waals surface area contributed by atoms with Crippen molar-refractivity contribution >= 4 is 11.3 Å². The molecule has 1 atom stereocenters. The molecule has 106 valence electrons. The molecule has 0 fully saturated rings. The van der Waals surface area contributed by atoms with E-state index in [0.717, 1.165) is 12.1 Å². The van der Waals surface area contributed by atoms with Crippen molar-refractivity contribution < 1.29 is 4.74 Å². The van der Waals surface area contributed by atoms with Gasteiger partial charge in [-0.25, -0.2) is 9.97 Å². The van der Waals surface area contributed by atoms with Crippen LogP contribution in [0.15, 0.2) is 18.5 Å². The number of aryl methyl sites for hydroxylation is 2. The molecule has 4 nitrogen and oxygen atoms in total. The van der Waals surface area contributed by atoms with E-state index in [1.807, 2.05) is 17.4 Å². The quantitative estimate of drug-likeness (QED) is 0.940. The van der Waals surface area contributed by atoms with E-state index in [4.69, 9.17) is 10.5 Å². The van der Waals surface area contributed by atoms with E-state index in [0.29, 0.717) is 5.88 Å². The molecule has 1 aliphatic carbocycles. The number of methoxy groups -OCH3 is 1. The summed E-state index contributed by atoms with van der Waals surface area (Å²) in [4.78, 5) is 11.1. The van der Waals surface area contributed by atoms with Gasteiger partial charge in [-0.3, -0.25) is 0 Å². The minimum atomic E-state index is 0.00482. The molecule has 2 N–H and O–H groups in total. The first-order chi connectivity index (χ1) is 9.76. The van der Waals surface area contributed by atoms with Crippen LogP contribution < -0.4 is 10.5 Å². The van der Waals surface area contributed by atoms with Gasteiger partial charge < -0.3 is 10.5 Å². The Morgan fingerprint density at radius 3 is 2.95 bits per heavy atom. The second-order valence-corrected chi connectivity index (χ2v) is 6.33. The smallest absolute Gasteiger partial charge is 0.216 e. The molecule has 0 spiro atoms. The Morgan fingerprint density at radius 2 is 2.15 bits per heavy atom. The first kappa shape index (κ1) is 13.5. The lowest BCUT2D eigenvalue weighted by Crippen LogP contribution is -2.13. The van der Waals surface area contributed by atoms with Crippen molar-refractivity contribution in [1.29, 1.82) is 0 Å². The van der Waals surface area contributed by atoms with Crippen LogP contribution in [0.1, 0.15) is 39.9 Å². The second-order valence-electron chi connectivity index (χ2n) is 5.17. The Balaban J connectivity index is 1.75. The van der Waals surface area contributed by atoms with Gasteiger partial charge in [0.15, 0.2) is 0 Å². The minimum Gasteiger partial charge on any atom is -0.481 e. The van der Waals surface area contributed by atoms with Crippen LogP contribution in [-0.4, -0.2) is 17.1 Å². The van der Waals surface area contributed by atoms with Gasteiger partial charge in [0.2, 0.25) is 5.88 Å². The first-order valence-electron chi connectivity index (χ1n) is 6.98. The number of thiophene rings is 1. The molecule has 0 aliphatic heterocycles. The third-order valence-corrected chi connectivity index (χ3v) is 5.09. The van der Waals surface area contributed by atoms with E-state index in [2.05, 4.69) is 16.0 Å². The maximum Gasteiger partial charge on any atom is 0.216 e. The summed E-state index contributed by atoms with van der Waals surface area (Å²) in [5.41, 5.74) is 8.77. The Hall–Kier alpha value is -1.46. The maximum atomic E-state index is 6.34. The first-order valence-corrected chi connectivity index (χ1v) is 7.80. The molecule has 1 unspecified atom stereocenters. The molecule has 0 saturated heterocycles. The van der Waals surface area contributed by atoms with Gasteiger partial charge in [0.25, 0.3) is 0 Å². The van der Waals surface area contributed by atoms with Crippen LogP contribution >= 0.6 is 11.3 Å². The minimum absolute atomic E-state index is 0.00482. The highest BCUT2D eigenvalue weighted by atomic mass is 32.1. The Bertz CT molecular complexity index is 573. The van der Waals surface area contributed by atoms with E-state index in [1.54, 1.807) is 7.11 Å². The summed E-state index contributed by atoms with van der Waals surface area (Å²) >= 11 is 1.87. The zero-order valence-corrected chi connectivity index (χ0v) is 12.4. The average molecular weight is 289 g/mol. The molecular formula is C15H19N3OS. The average Bonchev–Trinajstić information content (AvgIpc) is 2.91. The third kappa shape index (κ3) is 2.83. The Labute approximate surface area is 123 Å². The molecule has 2 aromatic rings. The fourth-order valence-electron chi connectivity index (χ4n) is 2.62. The second kappa shape index (κ2) is 5.89. The van der Waals surface area contributed by atoms with Gasteiger partial charge in [0.1, 0.15) is 6.33 Å². The van der Waals surface area contributed by atoms with E-state index in [1.165, 1.54) is 47.3 Å². The largest absolute Gasteiger partial charge is 0.481 e. The zero-order chi connectivity index (χ0) is 13.9. The van der Waals surface area contributed by atoms with Gasteiger partial charge in [0.05, 0.1) is 7.11 Å². The van der Waals surface area contributed by atoms with Crippen LogP contribution in [0.5, 0.6) is 5.88 Å². The van der Waals surface area contributed by atoms with Gasteiger partial charge in [0, 0.05) is 34.0 Å². The van der Waals surface area contributed by atoms with Crippen molar-refractivity contribution in [2.24, 2.45) is 5.73 Å². The number of nitrogens with zero attached hydrogens (tertiary/aromatic N) is 2. The highest BCUT2D eigenvalue weighted by molar-refractivity contribution is 7.12. The molecule has 0 radical (unpaired) electrons. The topological polar surface area (TPSA) is 61.0 Å². The lowest BCUT2D eigenvalue weighted by molar-refractivity contribution is 0.395. The van der Waals surface area contributed by atoms with Gasteiger partial charge in [-0.1, -0.05) is 0 Å². The van der Waals surface area contributed by atoms with Gasteiger partial charge >= 0.3 is 0 Å². The van der Waals surface area contributed by atoms with Gasteiger partial charge in [-0.2, -0.15) is 0 Å². The van der Waals surface area contributed by atoms with E-state index in [9.17, 15) is 0 Å². The van der Waals surface area contributed by atoms with Gasteiger partial charge in [-0.05, 0) is 37.3 Å². The molecular weight excluding hydrogens is 270 g/mol. The summed E-state index contributed by atoms with van der Waals surface area (Å²) in [6.45, 7) is 0. The third-order valence-electron chi connectivity index (χ3n) is 3.72. The van der Waals surface area contributed by atoms with Crippen molar-refractivity contribution in [1.82, 2.24) is 9.97 Å². The number of fused-ring (bicyclic) bond motifs is 1. The zero-order valence-electron chi connectivity index (χ0n) is 11.6. The lowest BCUT2D eigenvalue weighted by Gasteiger charge is -2.09. The number of rotatable bonds is 4. The summed E-state index contributed by atoms with van der Waals surface area (Å²) < 4.78 is 5.12. The van der Waals surface area contributed by atoms with Crippen LogP contribution in [0, 0.1) is 0 Å². The van der Waals surface area contributed by atoms with E-state index >= 15 is 0 Å². The van der Waals surface area contributed by atoms with Crippen molar-refractivity contribution in [3.8, 4) is 5.88 Å². The van der Waals surface area contributed by atoms with Crippen molar-refractivity contribution in [3.05, 3.63) is 39.5 Å². The summed E-state index contributed by atoms with van der Waals surface area (Å²) in [7, 11) is 1.61. The molecule has 20 heavy (non-hydrogen) atoms. The summed E-state index contributed by atoms with van der Waals surface area (Å²) in [6.07, 6.45) is 7.29. The molecule has 1 aliphatic rings. The number of hydrogen-bond donors (Lipinski definition) is 1. The molecule has 0 amide bonds. The van der Waals surface area contributed by atoms with Crippen molar-refractivity contribution in [2.45, 2.75) is 38.1 Å². The van der Waals surface area contributed by atoms with Crippen LogP contribution in [0.3, 0.4) is 0 Å². The summed E-state index contributed by atoms with van der Waals surface area (Å²) in [5.74, 6) is 0.590. The highest BCUT2D eigenvalue weighted by Gasteiger charge is 2.17. The van der Waals surface area contributed by atoms with E-state index in [-0.39, 0.29) is 6.04 Å². The number of aromatic nitrogens is 2. The normalized spacial score (nSPS) is 15.7. The van der Waals surface area contributed by atoms with Crippen LogP contribution in [-0.2, 0) is 19.3 Å². The number of ether oxygens (including phenoxy) is 1. The molecule has 0 bridgehead atoms. The summed E-state index contributed by atoms with van der Waals surface area (Å²) in [5, 5.41) is 0. The molecule has 2 heterocycles. The van der Waals surface area contributed by atoms with E-state index < -0.39 is 0 Å². The molecule has 0 saturated carbocycles. The van der Waals surface area contributed by atoms with Crippen LogP contribution in [0.25, 0.3) is 0 Å². The Kier molecular flexibility index (Phi) is 3.98. The summed E-state index contributed by atoms with van der Waals surface area (Å²) in [6, 6.07) is 4.15. The SMILES string of the molecule is COc1cc(CC(N)c2cc3c(s2)CCCC3)ncn1. The maximum absolute atomic E-state index is 6.34. The highest BCUT2D eigenvalue weighted by Crippen LogP contribution is 2.33. The molecule has 0 aromatic carbocycles.